The van der Waals surface area contributed by atoms with Crippen molar-refractivity contribution in [2.24, 2.45) is 5.73 Å². The lowest BCUT2D eigenvalue weighted by Crippen LogP contribution is -2.36. The van der Waals surface area contributed by atoms with Gasteiger partial charge in [0.25, 0.3) is 0 Å². The number of likely N-dealkylation sites (tertiary alicyclic amines) is 1. The van der Waals surface area contributed by atoms with Gasteiger partial charge >= 0.3 is 0 Å². The monoisotopic (exact) mass is 284 g/mol. The summed E-state index contributed by atoms with van der Waals surface area (Å²) >= 11 is 0. The summed E-state index contributed by atoms with van der Waals surface area (Å²) in [5.41, 5.74) is 9.92. The number of nitrogens with one attached hydrogen (secondary N) is 1. The van der Waals surface area contributed by atoms with Gasteiger partial charge in [0, 0.05) is 37.1 Å². The van der Waals surface area contributed by atoms with Crippen molar-refractivity contribution in [1.82, 2.24) is 24.3 Å². The number of aromatic nitrogens is 4. The van der Waals surface area contributed by atoms with Gasteiger partial charge in [0.1, 0.15) is 0 Å². The van der Waals surface area contributed by atoms with Crippen molar-refractivity contribution in [2.45, 2.75) is 18.8 Å². The van der Waals surface area contributed by atoms with Crippen LogP contribution in [0.5, 0.6) is 0 Å². The maximum absolute atomic E-state index is 5.65. The molecular weight excluding hydrogens is 264 g/mol. The second-order valence-electron chi connectivity index (χ2n) is 5.75. The third-order valence-electron chi connectivity index (χ3n) is 4.52. The van der Waals surface area contributed by atoms with E-state index in [2.05, 4.69) is 30.3 Å². The molecule has 4 heterocycles. The van der Waals surface area contributed by atoms with Crippen LogP contribution < -0.4 is 5.73 Å². The average Bonchev–Trinajstić information content (AvgIpc) is 3.14. The SMILES string of the molecule is NCCN1CCC(c2cnc3cnc4[nH]ccc4n23)CC1. The van der Waals surface area contributed by atoms with Crippen LogP contribution in [0.3, 0.4) is 0 Å². The van der Waals surface area contributed by atoms with Crippen LogP contribution >= 0.6 is 0 Å². The van der Waals surface area contributed by atoms with Crippen LogP contribution in [0, 0.1) is 0 Å². The topological polar surface area (TPSA) is 75.2 Å². The molecule has 6 nitrogen and oxygen atoms in total. The fraction of sp³-hybridized carbons (Fsp3) is 0.467. The molecule has 0 bridgehead atoms. The number of hydrogen-bond donors (Lipinski definition) is 2. The third-order valence-corrected chi connectivity index (χ3v) is 4.52. The third kappa shape index (κ3) is 2.11. The molecule has 0 aromatic carbocycles. The van der Waals surface area contributed by atoms with Crippen LogP contribution in [-0.2, 0) is 0 Å². The highest BCUT2D eigenvalue weighted by Gasteiger charge is 2.23. The highest BCUT2D eigenvalue weighted by Crippen LogP contribution is 2.29. The van der Waals surface area contributed by atoms with Crippen LogP contribution in [0.25, 0.3) is 16.8 Å². The van der Waals surface area contributed by atoms with Gasteiger partial charge in [0.05, 0.1) is 11.7 Å². The molecule has 0 aliphatic carbocycles. The molecule has 21 heavy (non-hydrogen) atoms. The second-order valence-corrected chi connectivity index (χ2v) is 5.75. The average molecular weight is 284 g/mol. The van der Waals surface area contributed by atoms with E-state index in [0.29, 0.717) is 5.92 Å². The van der Waals surface area contributed by atoms with Crippen molar-refractivity contribution in [3.63, 3.8) is 0 Å². The van der Waals surface area contributed by atoms with Crippen molar-refractivity contribution in [3.05, 3.63) is 30.4 Å². The van der Waals surface area contributed by atoms with Gasteiger partial charge in [-0.2, -0.15) is 0 Å². The Balaban J connectivity index is 1.69. The number of H-pyrrole nitrogens is 1. The van der Waals surface area contributed by atoms with E-state index in [1.807, 2.05) is 18.6 Å². The Morgan fingerprint density at radius 2 is 2.10 bits per heavy atom. The largest absolute Gasteiger partial charge is 0.345 e. The van der Waals surface area contributed by atoms with E-state index in [4.69, 9.17) is 5.73 Å². The molecule has 0 saturated carbocycles. The maximum Gasteiger partial charge on any atom is 0.156 e. The number of piperidine rings is 1. The summed E-state index contributed by atoms with van der Waals surface area (Å²) in [5.74, 6) is 0.564. The molecule has 1 aliphatic heterocycles. The predicted molar refractivity (Wildman–Crippen MR) is 82.3 cm³/mol. The number of nitrogens with two attached hydrogens (primary N) is 1. The number of imidazole rings is 1. The van der Waals surface area contributed by atoms with Crippen molar-refractivity contribution in [3.8, 4) is 0 Å². The number of rotatable bonds is 3. The minimum absolute atomic E-state index is 0.564. The lowest BCUT2D eigenvalue weighted by molar-refractivity contribution is 0.216. The summed E-state index contributed by atoms with van der Waals surface area (Å²) in [7, 11) is 0. The molecule has 1 aliphatic rings. The van der Waals surface area contributed by atoms with Crippen LogP contribution in [0.4, 0.5) is 0 Å². The Morgan fingerprint density at radius 3 is 2.90 bits per heavy atom. The standard InChI is InChI=1S/C15H20N6/c16-4-8-20-6-2-11(3-7-20)13-9-18-14-10-19-15-12(21(13)14)1-5-17-15/h1,5,9-11,17H,2-4,6-8,16H2. The van der Waals surface area contributed by atoms with E-state index in [-0.39, 0.29) is 0 Å². The van der Waals surface area contributed by atoms with E-state index >= 15 is 0 Å². The molecule has 0 atom stereocenters. The van der Waals surface area contributed by atoms with Crippen molar-refractivity contribution >= 4 is 16.8 Å². The molecule has 0 spiro atoms. The Bertz CT molecular complexity index is 750. The molecule has 4 rings (SSSR count). The number of nitrogens with zero attached hydrogens (tertiary/aromatic N) is 4. The first-order valence-corrected chi connectivity index (χ1v) is 7.58. The number of hydrogen-bond acceptors (Lipinski definition) is 4. The molecule has 0 radical (unpaired) electrons. The number of aromatic amines is 1. The minimum Gasteiger partial charge on any atom is -0.345 e. The first kappa shape index (κ1) is 12.8. The van der Waals surface area contributed by atoms with Gasteiger partial charge in [-0.25, -0.2) is 9.97 Å². The molecule has 110 valence electrons. The fourth-order valence-corrected chi connectivity index (χ4v) is 3.42. The molecule has 3 N–H and O–H groups in total. The lowest BCUT2D eigenvalue weighted by atomic mass is 9.94. The zero-order valence-electron chi connectivity index (χ0n) is 12.0. The molecule has 0 unspecified atom stereocenters. The van der Waals surface area contributed by atoms with Crippen LogP contribution in [0.1, 0.15) is 24.5 Å². The Labute approximate surface area is 123 Å². The summed E-state index contributed by atoms with van der Waals surface area (Å²) in [6.07, 6.45) is 8.13. The van der Waals surface area contributed by atoms with Crippen LogP contribution in [0.2, 0.25) is 0 Å². The zero-order valence-corrected chi connectivity index (χ0v) is 12.0. The summed E-state index contributed by atoms with van der Waals surface area (Å²) in [6.45, 7) is 3.99. The van der Waals surface area contributed by atoms with E-state index in [1.165, 1.54) is 18.5 Å². The van der Waals surface area contributed by atoms with Crippen LogP contribution in [-0.4, -0.2) is 50.4 Å². The summed E-state index contributed by atoms with van der Waals surface area (Å²) < 4.78 is 2.25. The minimum atomic E-state index is 0.564. The lowest BCUT2D eigenvalue weighted by Gasteiger charge is -2.31. The van der Waals surface area contributed by atoms with Gasteiger partial charge in [-0.05, 0) is 32.0 Å². The van der Waals surface area contributed by atoms with Gasteiger partial charge in [-0.3, -0.25) is 4.40 Å². The molecule has 6 heteroatoms. The second kappa shape index (κ2) is 5.13. The molecule has 1 saturated heterocycles. The van der Waals surface area contributed by atoms with Crippen molar-refractivity contribution in [2.75, 3.05) is 26.2 Å². The maximum atomic E-state index is 5.65. The van der Waals surface area contributed by atoms with E-state index in [1.54, 1.807) is 0 Å². The zero-order chi connectivity index (χ0) is 14.2. The molecule has 3 aromatic rings. The van der Waals surface area contributed by atoms with Gasteiger partial charge < -0.3 is 15.6 Å². The van der Waals surface area contributed by atoms with E-state index in [0.717, 1.165) is 43.0 Å². The van der Waals surface area contributed by atoms with Crippen molar-refractivity contribution < 1.29 is 0 Å². The molecule has 3 aromatic heterocycles. The molecular formula is C15H20N6. The van der Waals surface area contributed by atoms with Gasteiger partial charge in [0.15, 0.2) is 11.3 Å². The van der Waals surface area contributed by atoms with Gasteiger partial charge in [-0.15, -0.1) is 0 Å². The molecule has 0 amide bonds. The summed E-state index contributed by atoms with van der Waals surface area (Å²) in [6, 6.07) is 2.07. The Morgan fingerprint density at radius 1 is 1.24 bits per heavy atom. The van der Waals surface area contributed by atoms with Crippen molar-refractivity contribution in [1.29, 1.82) is 0 Å². The van der Waals surface area contributed by atoms with Crippen LogP contribution in [0.15, 0.2) is 24.7 Å². The fourth-order valence-electron chi connectivity index (χ4n) is 3.42. The quantitative estimate of drug-likeness (QED) is 0.761. The molecule has 1 fully saturated rings. The highest BCUT2D eigenvalue weighted by molar-refractivity contribution is 5.74. The number of fused-ring (bicyclic) bond motifs is 3. The highest BCUT2D eigenvalue weighted by atomic mass is 15.1. The Hall–Kier alpha value is -1.92. The smallest absolute Gasteiger partial charge is 0.156 e. The first-order chi connectivity index (χ1) is 10.4. The van der Waals surface area contributed by atoms with E-state index in [9.17, 15) is 0 Å². The predicted octanol–water partition coefficient (Wildman–Crippen LogP) is 1.35. The first-order valence-electron chi connectivity index (χ1n) is 7.58. The van der Waals surface area contributed by atoms with Gasteiger partial charge in [-0.1, -0.05) is 0 Å². The Kier molecular flexibility index (Phi) is 3.12. The normalized spacial score (nSPS) is 18.0. The van der Waals surface area contributed by atoms with E-state index < -0.39 is 0 Å². The summed E-state index contributed by atoms with van der Waals surface area (Å²) in [5, 5.41) is 0. The van der Waals surface area contributed by atoms with Gasteiger partial charge in [0.2, 0.25) is 0 Å². The summed E-state index contributed by atoms with van der Waals surface area (Å²) in [4.78, 5) is 14.6.